The highest BCUT2D eigenvalue weighted by atomic mass is 16.4. The number of nitriles is 1. The molecular weight excluding hydrogens is 80.0 g/mol. The molecule has 3 heteroatoms. The Labute approximate surface area is 35.5 Å². The summed E-state index contributed by atoms with van der Waals surface area (Å²) in [5.74, 6) is 0. The van der Waals surface area contributed by atoms with Gasteiger partial charge in [-0.3, -0.25) is 0 Å². The summed E-state index contributed by atoms with van der Waals surface area (Å²) in [6.45, 7) is 3.01. The third-order valence-corrected chi connectivity index (χ3v) is 0.250. The molecule has 1 N–H and O–H groups in total. The van der Waals surface area contributed by atoms with Crippen molar-refractivity contribution in [2.24, 2.45) is 5.16 Å². The fourth-order valence-electron chi connectivity index (χ4n) is 0.0224. The van der Waals surface area contributed by atoms with Gasteiger partial charge in [-0.15, -0.1) is 0 Å². The molecule has 0 aliphatic carbocycles. The summed E-state index contributed by atoms with van der Waals surface area (Å²) < 4.78 is 0. The molecule has 0 aromatic carbocycles. The fraction of sp³-hybridized carbons (Fsp3) is 0. The lowest BCUT2D eigenvalue weighted by molar-refractivity contribution is 0.320. The molecule has 0 spiro atoms. The monoisotopic (exact) mass is 83.0 g/mol. The lowest BCUT2D eigenvalue weighted by Gasteiger charge is -1.68. The van der Waals surface area contributed by atoms with Gasteiger partial charge in [0.05, 0.1) is 0 Å². The standard InChI is InChI=1S/C3H3N2O/c1-3(2-4)5-6/h6H,1H2. The predicted octanol–water partition coefficient (Wildman–Crippen LogP) is 0.174. The summed E-state index contributed by atoms with van der Waals surface area (Å²) in [7, 11) is 0. The van der Waals surface area contributed by atoms with Crippen molar-refractivity contribution in [1.82, 2.24) is 0 Å². The zero-order chi connectivity index (χ0) is 4.99. The molecule has 0 aliphatic rings. The summed E-state index contributed by atoms with van der Waals surface area (Å²) >= 11 is 0. The van der Waals surface area contributed by atoms with E-state index in [4.69, 9.17) is 10.5 Å². The highest BCUT2D eigenvalue weighted by Gasteiger charge is 1.77. The van der Waals surface area contributed by atoms with Gasteiger partial charge in [-0.05, 0) is 0 Å². The molecule has 3 nitrogen and oxygen atoms in total. The molecule has 0 heterocycles. The van der Waals surface area contributed by atoms with Crippen LogP contribution < -0.4 is 0 Å². The van der Waals surface area contributed by atoms with Crippen LogP contribution in [0.25, 0.3) is 0 Å². The van der Waals surface area contributed by atoms with Crippen LogP contribution in [0.4, 0.5) is 0 Å². The zero-order valence-electron chi connectivity index (χ0n) is 3.05. The molecule has 1 radical (unpaired) electrons. The van der Waals surface area contributed by atoms with Gasteiger partial charge in [-0.2, -0.15) is 5.26 Å². The molecule has 0 rings (SSSR count). The number of oxime groups is 1. The maximum Gasteiger partial charge on any atom is 0.157 e. The molecule has 0 fully saturated rings. The van der Waals surface area contributed by atoms with Gasteiger partial charge >= 0.3 is 0 Å². The van der Waals surface area contributed by atoms with Gasteiger partial charge in [0.1, 0.15) is 6.07 Å². The first-order valence-electron chi connectivity index (χ1n) is 1.25. The van der Waals surface area contributed by atoms with E-state index < -0.39 is 0 Å². The van der Waals surface area contributed by atoms with Crippen molar-refractivity contribution in [2.75, 3.05) is 0 Å². The van der Waals surface area contributed by atoms with Gasteiger partial charge in [0.15, 0.2) is 5.71 Å². The average Bonchev–Trinajstić information content (AvgIpc) is 1.65. The number of nitrogens with zero attached hydrogens (tertiary/aromatic N) is 2. The third-order valence-electron chi connectivity index (χ3n) is 0.250. The molecule has 0 atom stereocenters. The molecule has 0 saturated heterocycles. The van der Waals surface area contributed by atoms with E-state index in [0.29, 0.717) is 0 Å². The van der Waals surface area contributed by atoms with E-state index in [0.717, 1.165) is 0 Å². The molecule has 0 aliphatic heterocycles. The summed E-state index contributed by atoms with van der Waals surface area (Å²) in [5, 5.41) is 17.8. The van der Waals surface area contributed by atoms with E-state index in [1.54, 1.807) is 0 Å². The molecule has 0 aromatic rings. The largest absolute Gasteiger partial charge is 0.410 e. The molecule has 6 heavy (non-hydrogen) atoms. The quantitative estimate of drug-likeness (QED) is 0.258. The van der Waals surface area contributed by atoms with Gasteiger partial charge in [0.25, 0.3) is 0 Å². The van der Waals surface area contributed by atoms with Gasteiger partial charge in [-0.25, -0.2) is 0 Å². The van der Waals surface area contributed by atoms with Gasteiger partial charge < -0.3 is 5.21 Å². The SMILES string of the molecule is [CH2]C(C#N)=NO. The van der Waals surface area contributed by atoms with Gasteiger partial charge in [-0.1, -0.05) is 5.16 Å². The third kappa shape index (κ3) is 1.30. The summed E-state index contributed by atoms with van der Waals surface area (Å²) in [4.78, 5) is 0. The lowest BCUT2D eigenvalue weighted by Crippen LogP contribution is -1.80. The Kier molecular flexibility index (Phi) is 1.83. The molecular formula is C3H3N2O. The summed E-state index contributed by atoms with van der Waals surface area (Å²) in [6.07, 6.45) is 0. The van der Waals surface area contributed by atoms with Crippen molar-refractivity contribution >= 4 is 5.71 Å². The first-order chi connectivity index (χ1) is 2.81. The van der Waals surface area contributed by atoms with Crippen LogP contribution in [0, 0.1) is 18.3 Å². The van der Waals surface area contributed by atoms with Crippen LogP contribution in [0.2, 0.25) is 0 Å². The normalized spacial score (nSPS) is 10.3. The van der Waals surface area contributed by atoms with Crippen LogP contribution in [0.3, 0.4) is 0 Å². The van der Waals surface area contributed by atoms with Crippen molar-refractivity contribution < 1.29 is 5.21 Å². The van der Waals surface area contributed by atoms with Crippen LogP contribution in [0.15, 0.2) is 5.16 Å². The average molecular weight is 83.1 g/mol. The highest BCUT2D eigenvalue weighted by Crippen LogP contribution is 1.63. The molecule has 0 saturated carbocycles. The van der Waals surface area contributed by atoms with Crippen molar-refractivity contribution in [3.63, 3.8) is 0 Å². The van der Waals surface area contributed by atoms with Gasteiger partial charge in [0, 0.05) is 6.92 Å². The predicted molar refractivity (Wildman–Crippen MR) is 20.2 cm³/mol. The second kappa shape index (κ2) is 2.21. The van der Waals surface area contributed by atoms with Crippen molar-refractivity contribution in [3.05, 3.63) is 6.92 Å². The summed E-state index contributed by atoms with van der Waals surface area (Å²) in [6, 6.07) is 1.50. The van der Waals surface area contributed by atoms with Crippen LogP contribution in [-0.2, 0) is 0 Å². The van der Waals surface area contributed by atoms with Crippen molar-refractivity contribution in [2.45, 2.75) is 0 Å². The molecule has 0 amide bonds. The van der Waals surface area contributed by atoms with Crippen LogP contribution in [-0.4, -0.2) is 10.9 Å². The number of hydrogen-bond acceptors (Lipinski definition) is 3. The van der Waals surface area contributed by atoms with E-state index in [-0.39, 0.29) is 5.71 Å². The van der Waals surface area contributed by atoms with E-state index in [1.165, 1.54) is 6.07 Å². The van der Waals surface area contributed by atoms with Crippen LogP contribution >= 0.6 is 0 Å². The topological polar surface area (TPSA) is 56.4 Å². The maximum absolute atomic E-state index is 7.73. The zero-order valence-corrected chi connectivity index (χ0v) is 3.05. The van der Waals surface area contributed by atoms with Crippen LogP contribution in [0.5, 0.6) is 0 Å². The Balaban J connectivity index is 3.61. The van der Waals surface area contributed by atoms with Crippen molar-refractivity contribution in [3.8, 4) is 6.07 Å². The van der Waals surface area contributed by atoms with Crippen LogP contribution in [0.1, 0.15) is 0 Å². The van der Waals surface area contributed by atoms with E-state index in [2.05, 4.69) is 12.1 Å². The Bertz CT molecular complexity index is 99.9. The second-order valence-corrected chi connectivity index (χ2v) is 0.658. The first-order valence-corrected chi connectivity index (χ1v) is 1.25. The smallest absolute Gasteiger partial charge is 0.157 e. The number of hydrogen-bond donors (Lipinski definition) is 1. The Morgan fingerprint density at radius 1 is 2.00 bits per heavy atom. The van der Waals surface area contributed by atoms with E-state index in [1.807, 2.05) is 0 Å². The lowest BCUT2D eigenvalue weighted by atomic mass is 10.5. The Morgan fingerprint density at radius 2 is 2.50 bits per heavy atom. The molecule has 0 bridgehead atoms. The maximum atomic E-state index is 7.73. The summed E-state index contributed by atoms with van der Waals surface area (Å²) in [5.41, 5.74) is -0.171. The first kappa shape index (κ1) is 4.96. The van der Waals surface area contributed by atoms with Crippen molar-refractivity contribution in [1.29, 1.82) is 5.26 Å². The molecule has 0 unspecified atom stereocenters. The second-order valence-electron chi connectivity index (χ2n) is 0.658. The fourth-order valence-corrected chi connectivity index (χ4v) is 0.0224. The van der Waals surface area contributed by atoms with Gasteiger partial charge in [0.2, 0.25) is 0 Å². The van der Waals surface area contributed by atoms with E-state index in [9.17, 15) is 0 Å². The molecule has 0 aromatic heterocycles. The Morgan fingerprint density at radius 3 is 2.50 bits per heavy atom. The minimum absolute atomic E-state index is 0.171. The number of rotatable bonds is 0. The Hall–Kier alpha value is -1.04. The highest BCUT2D eigenvalue weighted by molar-refractivity contribution is 6.01. The minimum atomic E-state index is -0.171. The minimum Gasteiger partial charge on any atom is -0.410 e. The van der Waals surface area contributed by atoms with E-state index >= 15 is 0 Å². The molecule has 31 valence electrons.